The van der Waals surface area contributed by atoms with Crippen molar-refractivity contribution >= 4 is 34.1 Å². The van der Waals surface area contributed by atoms with E-state index in [1.54, 1.807) is 0 Å². The zero-order chi connectivity index (χ0) is 14.1. The summed E-state index contributed by atoms with van der Waals surface area (Å²) in [6.07, 6.45) is 2.56. The minimum absolute atomic E-state index is 0.0137. The van der Waals surface area contributed by atoms with E-state index in [2.05, 4.69) is 10.3 Å². The van der Waals surface area contributed by atoms with Gasteiger partial charge in [0.1, 0.15) is 12.4 Å². The Hall–Kier alpha value is -1.95. The van der Waals surface area contributed by atoms with E-state index in [1.165, 1.54) is 0 Å². The summed E-state index contributed by atoms with van der Waals surface area (Å²) in [7, 11) is 0. The smallest absolute Gasteiger partial charge is 0.240 e. The number of rotatable bonds is 5. The summed E-state index contributed by atoms with van der Waals surface area (Å²) < 4.78 is 1.90. The number of hydrogen-bond donors (Lipinski definition) is 2. The predicted octanol–water partition coefficient (Wildman–Crippen LogP) is 1.14. The highest BCUT2D eigenvalue weighted by atomic mass is 32.1. The zero-order valence-electron chi connectivity index (χ0n) is 11.0. The highest BCUT2D eigenvalue weighted by Crippen LogP contribution is 2.20. The highest BCUT2D eigenvalue weighted by Gasteiger charge is 2.24. The Balaban J connectivity index is 1.92. The molecule has 0 radical (unpaired) electrons. The van der Waals surface area contributed by atoms with Crippen LogP contribution in [0.3, 0.4) is 0 Å². The molecule has 1 aromatic heterocycles. The maximum Gasteiger partial charge on any atom is 0.240 e. The van der Waals surface area contributed by atoms with Gasteiger partial charge in [0, 0.05) is 6.04 Å². The van der Waals surface area contributed by atoms with E-state index in [1.807, 2.05) is 28.8 Å². The molecule has 1 aliphatic rings. The van der Waals surface area contributed by atoms with Crippen LogP contribution in [0.25, 0.3) is 11.0 Å². The monoisotopic (exact) mass is 288 g/mol. The predicted molar refractivity (Wildman–Crippen MR) is 81.4 cm³/mol. The molecular formula is C14H16N4OS. The normalized spacial score (nSPS) is 14.4. The maximum atomic E-state index is 12.0. The van der Waals surface area contributed by atoms with Crippen molar-refractivity contribution in [1.82, 2.24) is 14.9 Å². The molecule has 0 atom stereocenters. The number of nitrogens with zero attached hydrogens (tertiary/aromatic N) is 2. The highest BCUT2D eigenvalue weighted by molar-refractivity contribution is 7.80. The third-order valence-electron chi connectivity index (χ3n) is 3.31. The van der Waals surface area contributed by atoms with E-state index < -0.39 is 0 Å². The summed E-state index contributed by atoms with van der Waals surface area (Å²) in [5.74, 6) is 0.754. The van der Waals surface area contributed by atoms with Crippen LogP contribution in [0.4, 0.5) is 0 Å². The van der Waals surface area contributed by atoms with Crippen LogP contribution in [-0.4, -0.2) is 26.5 Å². The SMILES string of the molecule is NC(=S)Cc1nc2ccccc2n1CC(=O)NC1CC1. The van der Waals surface area contributed by atoms with Crippen molar-refractivity contribution in [2.45, 2.75) is 31.8 Å². The fourth-order valence-electron chi connectivity index (χ4n) is 2.24. The molecule has 104 valence electrons. The lowest BCUT2D eigenvalue weighted by Gasteiger charge is -2.09. The molecule has 20 heavy (non-hydrogen) atoms. The Morgan fingerprint density at radius 2 is 2.20 bits per heavy atom. The molecule has 1 aliphatic carbocycles. The minimum atomic E-state index is 0.0137. The number of hydrogen-bond acceptors (Lipinski definition) is 3. The first kappa shape index (κ1) is 13.1. The summed E-state index contributed by atoms with van der Waals surface area (Å²) in [5.41, 5.74) is 7.41. The molecule has 0 spiro atoms. The van der Waals surface area contributed by atoms with E-state index in [-0.39, 0.29) is 12.5 Å². The molecule has 1 fully saturated rings. The van der Waals surface area contributed by atoms with Crippen LogP contribution in [0.1, 0.15) is 18.7 Å². The van der Waals surface area contributed by atoms with Crippen LogP contribution in [0.5, 0.6) is 0 Å². The van der Waals surface area contributed by atoms with Crippen LogP contribution in [-0.2, 0) is 17.8 Å². The van der Waals surface area contributed by atoms with Gasteiger partial charge in [-0.05, 0) is 25.0 Å². The number of para-hydroxylation sites is 2. The van der Waals surface area contributed by atoms with Gasteiger partial charge in [0.15, 0.2) is 0 Å². The third-order valence-corrected chi connectivity index (χ3v) is 3.45. The van der Waals surface area contributed by atoms with Crippen LogP contribution in [0.2, 0.25) is 0 Å². The summed E-state index contributed by atoms with van der Waals surface area (Å²) >= 11 is 4.96. The molecule has 0 saturated heterocycles. The van der Waals surface area contributed by atoms with Gasteiger partial charge in [0.05, 0.1) is 22.4 Å². The Bertz CT molecular complexity index is 675. The molecular weight excluding hydrogens is 272 g/mol. The van der Waals surface area contributed by atoms with Gasteiger partial charge in [0.25, 0.3) is 0 Å². The summed E-state index contributed by atoms with van der Waals surface area (Å²) in [6, 6.07) is 8.10. The molecule has 3 N–H and O–H groups in total. The van der Waals surface area contributed by atoms with Crippen LogP contribution in [0, 0.1) is 0 Å². The number of carbonyl (C=O) groups is 1. The number of thiocarbonyl (C=S) groups is 1. The second kappa shape index (κ2) is 5.20. The Kier molecular flexibility index (Phi) is 3.40. The molecule has 1 heterocycles. The van der Waals surface area contributed by atoms with Crippen molar-refractivity contribution in [3.05, 3.63) is 30.1 Å². The maximum absolute atomic E-state index is 12.0. The zero-order valence-corrected chi connectivity index (χ0v) is 11.8. The summed E-state index contributed by atoms with van der Waals surface area (Å²) in [6.45, 7) is 0.259. The lowest BCUT2D eigenvalue weighted by Crippen LogP contribution is -2.30. The second-order valence-corrected chi connectivity index (χ2v) is 5.61. The molecule has 2 aromatic rings. The number of carbonyl (C=O) groups excluding carboxylic acids is 1. The van der Waals surface area contributed by atoms with E-state index >= 15 is 0 Å². The number of amides is 1. The number of fused-ring (bicyclic) bond motifs is 1. The van der Waals surface area contributed by atoms with Crippen LogP contribution >= 0.6 is 12.2 Å². The average Bonchev–Trinajstić information content (AvgIpc) is 3.13. The number of nitrogens with one attached hydrogen (secondary N) is 1. The Morgan fingerprint density at radius 1 is 1.45 bits per heavy atom. The van der Waals surface area contributed by atoms with Crippen molar-refractivity contribution < 1.29 is 4.79 Å². The van der Waals surface area contributed by atoms with Crippen molar-refractivity contribution in [2.75, 3.05) is 0 Å². The molecule has 0 bridgehead atoms. The fourth-order valence-corrected chi connectivity index (χ4v) is 2.37. The quantitative estimate of drug-likeness (QED) is 0.809. The van der Waals surface area contributed by atoms with Crippen molar-refractivity contribution in [3.8, 4) is 0 Å². The minimum Gasteiger partial charge on any atom is -0.393 e. The summed E-state index contributed by atoms with van der Waals surface area (Å²) in [4.78, 5) is 16.9. The van der Waals surface area contributed by atoms with Gasteiger partial charge in [-0.15, -0.1) is 0 Å². The van der Waals surface area contributed by atoms with Crippen LogP contribution < -0.4 is 11.1 Å². The van der Waals surface area contributed by atoms with Gasteiger partial charge in [0.2, 0.25) is 5.91 Å². The number of nitrogens with two attached hydrogens (primary N) is 1. The Labute approximate surface area is 122 Å². The molecule has 0 aliphatic heterocycles. The first-order valence-electron chi connectivity index (χ1n) is 6.65. The van der Waals surface area contributed by atoms with Gasteiger partial charge in [-0.1, -0.05) is 24.4 Å². The molecule has 1 saturated carbocycles. The Morgan fingerprint density at radius 3 is 2.90 bits per heavy atom. The van der Waals surface area contributed by atoms with Gasteiger partial charge >= 0.3 is 0 Å². The van der Waals surface area contributed by atoms with Gasteiger partial charge < -0.3 is 15.6 Å². The number of aromatic nitrogens is 2. The van der Waals surface area contributed by atoms with Crippen LogP contribution in [0.15, 0.2) is 24.3 Å². The topological polar surface area (TPSA) is 72.9 Å². The molecule has 3 rings (SSSR count). The molecule has 6 heteroatoms. The van der Waals surface area contributed by atoms with Gasteiger partial charge in [-0.3, -0.25) is 4.79 Å². The molecule has 1 amide bonds. The average molecular weight is 288 g/mol. The standard InChI is InChI=1S/C14H16N4OS/c15-12(20)7-13-17-10-3-1-2-4-11(10)18(13)8-14(19)16-9-5-6-9/h1-4,9H,5-8H2,(H2,15,20)(H,16,19). The van der Waals surface area contributed by atoms with E-state index in [4.69, 9.17) is 18.0 Å². The number of imidazole rings is 1. The molecule has 0 unspecified atom stereocenters. The van der Waals surface area contributed by atoms with Crippen molar-refractivity contribution in [3.63, 3.8) is 0 Å². The van der Waals surface area contributed by atoms with Gasteiger partial charge in [-0.2, -0.15) is 0 Å². The molecule has 1 aromatic carbocycles. The lowest BCUT2D eigenvalue weighted by molar-refractivity contribution is -0.121. The largest absolute Gasteiger partial charge is 0.393 e. The van der Waals surface area contributed by atoms with E-state index in [0.717, 1.165) is 29.7 Å². The second-order valence-electron chi connectivity index (χ2n) is 5.09. The van der Waals surface area contributed by atoms with Crippen molar-refractivity contribution in [2.24, 2.45) is 5.73 Å². The fraction of sp³-hybridized carbons (Fsp3) is 0.357. The number of benzene rings is 1. The van der Waals surface area contributed by atoms with Gasteiger partial charge in [-0.25, -0.2) is 4.98 Å². The first-order valence-corrected chi connectivity index (χ1v) is 7.06. The van der Waals surface area contributed by atoms with E-state index in [9.17, 15) is 4.79 Å². The third kappa shape index (κ3) is 2.80. The van der Waals surface area contributed by atoms with Crippen molar-refractivity contribution in [1.29, 1.82) is 0 Å². The summed E-state index contributed by atoms with van der Waals surface area (Å²) in [5, 5.41) is 2.99. The van der Waals surface area contributed by atoms with E-state index in [0.29, 0.717) is 17.5 Å². The lowest BCUT2D eigenvalue weighted by atomic mass is 10.3. The molecule has 5 nitrogen and oxygen atoms in total. The first-order chi connectivity index (χ1) is 9.63.